The van der Waals surface area contributed by atoms with Crippen LogP contribution in [0.1, 0.15) is 0 Å². The average molecular weight is 281 g/mol. The maximum absolute atomic E-state index is 12.3. The van der Waals surface area contributed by atoms with Gasteiger partial charge in [0.05, 0.1) is 16.3 Å². The first-order valence-corrected chi connectivity index (χ1v) is 6.57. The topological polar surface area (TPSA) is 46.2 Å². The molecule has 0 spiro atoms. The number of carbonyl (C=O) groups excluding carboxylic acids is 1. The second-order valence-electron chi connectivity index (χ2n) is 3.21. The Balaban J connectivity index is 2.37. The first kappa shape index (κ1) is 12.4. The Labute approximate surface area is 101 Å². The van der Waals surface area contributed by atoms with Gasteiger partial charge in [-0.2, -0.15) is 13.2 Å². The molecule has 1 N–H and O–H groups in total. The quantitative estimate of drug-likeness (QED) is 0.859. The van der Waals surface area contributed by atoms with Crippen LogP contribution in [-0.2, 0) is 15.6 Å². The average Bonchev–Trinajstić information content (AvgIpc) is 2.25. The first-order chi connectivity index (χ1) is 7.88. The Bertz CT molecular complexity index is 502. The van der Waals surface area contributed by atoms with Crippen LogP contribution in [0.15, 0.2) is 28.0 Å². The lowest BCUT2D eigenvalue weighted by Gasteiger charge is -2.17. The summed E-state index contributed by atoms with van der Waals surface area (Å²) >= 11 is 1.23. The number of fused-ring (bicyclic) bond motifs is 1. The minimum Gasteiger partial charge on any atom is -0.324 e. The fourth-order valence-electron chi connectivity index (χ4n) is 1.31. The van der Waals surface area contributed by atoms with Crippen LogP contribution in [-0.4, -0.2) is 21.4 Å². The summed E-state index contributed by atoms with van der Waals surface area (Å²) in [5.74, 6) is -0.0493. The lowest BCUT2D eigenvalue weighted by atomic mass is 10.3. The fourth-order valence-corrected chi connectivity index (χ4v) is 2.78. The van der Waals surface area contributed by atoms with Gasteiger partial charge in [0.15, 0.2) is 10.8 Å². The van der Waals surface area contributed by atoms with Gasteiger partial charge in [0.25, 0.3) is 0 Å². The maximum atomic E-state index is 12.3. The van der Waals surface area contributed by atoms with Gasteiger partial charge in [0.2, 0.25) is 5.91 Å². The van der Waals surface area contributed by atoms with Crippen molar-refractivity contribution in [3.63, 3.8) is 0 Å². The molecule has 8 heteroatoms. The molecule has 0 bridgehead atoms. The normalized spacial score (nSPS) is 17.2. The molecule has 1 heterocycles. The molecule has 1 aromatic rings. The number of rotatable bonds is 1. The molecule has 2 rings (SSSR count). The van der Waals surface area contributed by atoms with Gasteiger partial charge in [0.1, 0.15) is 0 Å². The number of hydrogen-bond acceptors (Lipinski definition) is 3. The molecule has 1 aliphatic heterocycles. The molecule has 0 saturated heterocycles. The summed E-state index contributed by atoms with van der Waals surface area (Å²) < 4.78 is 47.9. The molecule has 3 nitrogen and oxygen atoms in total. The number of thioether (sulfide) groups is 1. The first-order valence-electron chi connectivity index (χ1n) is 4.43. The lowest BCUT2D eigenvalue weighted by Crippen LogP contribution is -2.20. The van der Waals surface area contributed by atoms with Gasteiger partial charge in [0, 0.05) is 4.90 Å². The predicted molar refractivity (Wildman–Crippen MR) is 58.3 cm³/mol. The van der Waals surface area contributed by atoms with Crippen molar-refractivity contribution in [2.24, 2.45) is 0 Å². The van der Waals surface area contributed by atoms with Crippen LogP contribution in [0.4, 0.5) is 18.9 Å². The van der Waals surface area contributed by atoms with Gasteiger partial charge >= 0.3 is 5.51 Å². The third-order valence-corrected chi connectivity index (χ3v) is 4.18. The highest BCUT2D eigenvalue weighted by Gasteiger charge is 2.38. The smallest absolute Gasteiger partial charge is 0.324 e. The molecule has 0 aliphatic carbocycles. The summed E-state index contributed by atoms with van der Waals surface area (Å²) in [6.45, 7) is 0. The number of halogens is 3. The summed E-state index contributed by atoms with van der Waals surface area (Å²) in [7, 11) is -3.07. The van der Waals surface area contributed by atoms with E-state index < -0.39 is 16.3 Å². The van der Waals surface area contributed by atoms with E-state index in [9.17, 15) is 22.2 Å². The van der Waals surface area contributed by atoms with Crippen molar-refractivity contribution in [1.29, 1.82) is 0 Å². The van der Waals surface area contributed by atoms with Gasteiger partial charge in [-0.1, -0.05) is 0 Å². The van der Waals surface area contributed by atoms with E-state index in [1.54, 1.807) is 0 Å². The Morgan fingerprint density at radius 3 is 2.71 bits per heavy atom. The van der Waals surface area contributed by atoms with Crippen LogP contribution in [0, 0.1) is 0 Å². The van der Waals surface area contributed by atoms with E-state index in [4.69, 9.17) is 0 Å². The van der Waals surface area contributed by atoms with Crippen molar-refractivity contribution in [1.82, 2.24) is 0 Å². The molecule has 1 aliphatic rings. The molecule has 0 radical (unpaired) electrons. The highest BCUT2D eigenvalue weighted by molar-refractivity contribution is 8.00. The molecule has 0 aromatic heterocycles. The summed E-state index contributed by atoms with van der Waals surface area (Å²) in [5.41, 5.74) is -4.51. The molecule has 0 saturated carbocycles. The van der Waals surface area contributed by atoms with E-state index in [0.29, 0.717) is 4.90 Å². The summed E-state index contributed by atoms with van der Waals surface area (Å²) in [4.78, 5) is 11.4. The van der Waals surface area contributed by atoms with Crippen LogP contribution in [0.2, 0.25) is 0 Å². The Kier molecular flexibility index (Phi) is 3.17. The lowest BCUT2D eigenvalue weighted by molar-refractivity contribution is -0.113. The van der Waals surface area contributed by atoms with E-state index >= 15 is 0 Å². The third kappa shape index (κ3) is 2.63. The highest BCUT2D eigenvalue weighted by Crippen LogP contribution is 2.35. The zero-order valence-electron chi connectivity index (χ0n) is 8.21. The zero-order chi connectivity index (χ0) is 12.6. The van der Waals surface area contributed by atoms with Gasteiger partial charge < -0.3 is 5.32 Å². The van der Waals surface area contributed by atoms with Crippen LogP contribution in [0.3, 0.4) is 0 Å². The molecule has 0 fully saturated rings. The number of alkyl halides is 3. The van der Waals surface area contributed by atoms with Crippen molar-refractivity contribution < 1.29 is 22.2 Å². The Morgan fingerprint density at radius 1 is 1.35 bits per heavy atom. The number of nitrogens with one attached hydrogen (secondary N) is 1. The van der Waals surface area contributed by atoms with Crippen molar-refractivity contribution >= 4 is 34.2 Å². The molecule has 92 valence electrons. The molecule has 1 amide bonds. The van der Waals surface area contributed by atoms with E-state index in [0.717, 1.165) is 12.1 Å². The van der Waals surface area contributed by atoms with Crippen LogP contribution in [0.5, 0.6) is 0 Å². The van der Waals surface area contributed by atoms with E-state index in [1.165, 1.54) is 17.8 Å². The van der Waals surface area contributed by atoms with Crippen molar-refractivity contribution in [2.75, 3.05) is 11.1 Å². The molecule has 1 atom stereocenters. The van der Waals surface area contributed by atoms with Gasteiger partial charge in [-0.15, -0.1) is 11.8 Å². The fraction of sp³-hybridized carbons (Fsp3) is 0.222. The van der Waals surface area contributed by atoms with Crippen LogP contribution >= 0.6 is 11.8 Å². The molecule has 1 unspecified atom stereocenters. The van der Waals surface area contributed by atoms with E-state index in [-0.39, 0.29) is 22.2 Å². The monoisotopic (exact) mass is 281 g/mol. The predicted octanol–water partition coefficient (Wildman–Crippen LogP) is 2.36. The largest absolute Gasteiger partial charge is 0.475 e. The number of benzene rings is 1. The minimum absolute atomic E-state index is 0.231. The standard InChI is InChI=1S/C9H6F3NO2S2/c10-9(11,12)17(15)5-1-2-7-6(3-5)13-8(14)4-16-7/h1-3H,4H2,(H,13,14). The summed E-state index contributed by atoms with van der Waals surface area (Å²) in [5, 5.41) is 2.45. The maximum Gasteiger partial charge on any atom is 0.475 e. The second-order valence-corrected chi connectivity index (χ2v) is 5.70. The molecular weight excluding hydrogens is 275 g/mol. The Hall–Kier alpha value is -1.02. The number of carbonyl (C=O) groups is 1. The Morgan fingerprint density at radius 2 is 2.06 bits per heavy atom. The van der Waals surface area contributed by atoms with E-state index in [1.807, 2.05) is 0 Å². The summed E-state index contributed by atoms with van der Waals surface area (Å²) in [6.07, 6.45) is 0. The molecule has 1 aromatic carbocycles. The third-order valence-electron chi connectivity index (χ3n) is 2.01. The summed E-state index contributed by atoms with van der Waals surface area (Å²) in [6, 6.07) is 3.69. The van der Waals surface area contributed by atoms with Gasteiger partial charge in [-0.25, -0.2) is 4.21 Å². The number of amides is 1. The van der Waals surface area contributed by atoms with Gasteiger partial charge in [-0.05, 0) is 18.2 Å². The van der Waals surface area contributed by atoms with Crippen molar-refractivity contribution in [3.8, 4) is 0 Å². The SMILES string of the molecule is O=C1CSc2ccc(S(=O)C(F)(F)F)cc2N1. The van der Waals surface area contributed by atoms with Crippen LogP contribution in [0.25, 0.3) is 0 Å². The van der Waals surface area contributed by atoms with Crippen molar-refractivity contribution in [2.45, 2.75) is 15.3 Å². The van der Waals surface area contributed by atoms with Crippen molar-refractivity contribution in [3.05, 3.63) is 18.2 Å². The number of hydrogen-bond donors (Lipinski definition) is 1. The second kappa shape index (κ2) is 4.34. The molecule has 17 heavy (non-hydrogen) atoms. The molecular formula is C9H6F3NO2S2. The highest BCUT2D eigenvalue weighted by atomic mass is 32.2. The van der Waals surface area contributed by atoms with E-state index in [2.05, 4.69) is 5.32 Å². The van der Waals surface area contributed by atoms with Gasteiger partial charge in [-0.3, -0.25) is 4.79 Å². The zero-order valence-corrected chi connectivity index (χ0v) is 9.84. The number of anilines is 1. The minimum atomic E-state index is -4.79. The van der Waals surface area contributed by atoms with Crippen LogP contribution < -0.4 is 5.32 Å².